The van der Waals surface area contributed by atoms with Gasteiger partial charge in [0.05, 0.1) is 12.5 Å². The van der Waals surface area contributed by atoms with Crippen LogP contribution in [0.2, 0.25) is 0 Å². The molecule has 1 unspecified atom stereocenters. The van der Waals surface area contributed by atoms with Crippen molar-refractivity contribution in [1.82, 2.24) is 20.2 Å². The molecule has 1 aromatic rings. The van der Waals surface area contributed by atoms with E-state index in [1.54, 1.807) is 4.68 Å². The van der Waals surface area contributed by atoms with E-state index in [4.69, 9.17) is 0 Å². The summed E-state index contributed by atoms with van der Waals surface area (Å²) in [5.74, 6) is 0.693. The van der Waals surface area contributed by atoms with Gasteiger partial charge in [-0.2, -0.15) is 0 Å². The first-order valence-corrected chi connectivity index (χ1v) is 7.84. The molecule has 1 aliphatic rings. The lowest BCUT2D eigenvalue weighted by atomic mass is 9.87. The van der Waals surface area contributed by atoms with Crippen LogP contribution in [-0.2, 0) is 11.2 Å². The Bertz CT molecular complexity index is 472. The standard InChI is InChI=1S/C15H26N4O2/c1-15(2,3)10-12(9-14(20)21)19-13(16-17-18-19)8-11-6-4-5-7-11/h11-12H,4-10H2,1-3H3,(H,20,21). The topological polar surface area (TPSA) is 80.9 Å². The van der Waals surface area contributed by atoms with Gasteiger partial charge in [0.1, 0.15) is 0 Å². The summed E-state index contributed by atoms with van der Waals surface area (Å²) < 4.78 is 1.76. The zero-order valence-electron chi connectivity index (χ0n) is 13.2. The molecular weight excluding hydrogens is 268 g/mol. The summed E-state index contributed by atoms with van der Waals surface area (Å²) in [7, 11) is 0. The molecule has 0 spiro atoms. The van der Waals surface area contributed by atoms with E-state index in [9.17, 15) is 9.90 Å². The fraction of sp³-hybridized carbons (Fsp3) is 0.867. The summed E-state index contributed by atoms with van der Waals surface area (Å²) in [5.41, 5.74) is 0.0384. The highest BCUT2D eigenvalue weighted by Crippen LogP contribution is 2.32. The van der Waals surface area contributed by atoms with Crippen LogP contribution in [0.1, 0.15) is 71.2 Å². The van der Waals surface area contributed by atoms with E-state index in [0.29, 0.717) is 5.92 Å². The van der Waals surface area contributed by atoms with Crippen molar-refractivity contribution >= 4 is 5.97 Å². The molecule has 1 aromatic heterocycles. The first-order valence-electron chi connectivity index (χ1n) is 7.84. The number of tetrazole rings is 1. The van der Waals surface area contributed by atoms with Gasteiger partial charge >= 0.3 is 5.97 Å². The Kier molecular flexibility index (Phi) is 4.96. The van der Waals surface area contributed by atoms with E-state index >= 15 is 0 Å². The third kappa shape index (κ3) is 4.79. The quantitative estimate of drug-likeness (QED) is 0.872. The molecular formula is C15H26N4O2. The summed E-state index contributed by atoms with van der Waals surface area (Å²) in [6.45, 7) is 6.34. The van der Waals surface area contributed by atoms with Crippen LogP contribution in [0.3, 0.4) is 0 Å². The van der Waals surface area contributed by atoms with Gasteiger partial charge in [0, 0.05) is 6.42 Å². The molecule has 1 fully saturated rings. The highest BCUT2D eigenvalue weighted by Gasteiger charge is 2.27. The predicted octanol–water partition coefficient (Wildman–Crippen LogP) is 2.86. The van der Waals surface area contributed by atoms with Gasteiger partial charge < -0.3 is 5.11 Å². The first kappa shape index (κ1) is 15.9. The van der Waals surface area contributed by atoms with Crippen LogP contribution in [0.5, 0.6) is 0 Å². The smallest absolute Gasteiger partial charge is 0.305 e. The van der Waals surface area contributed by atoms with Gasteiger partial charge in [0.25, 0.3) is 0 Å². The first-order chi connectivity index (χ1) is 9.85. The minimum absolute atomic E-state index is 0.0384. The van der Waals surface area contributed by atoms with Crippen molar-refractivity contribution in [2.75, 3.05) is 0 Å². The second-order valence-electron chi connectivity index (χ2n) is 7.41. The Labute approximate surface area is 125 Å². The van der Waals surface area contributed by atoms with Crippen molar-refractivity contribution in [1.29, 1.82) is 0 Å². The van der Waals surface area contributed by atoms with Crippen molar-refractivity contribution in [2.45, 2.75) is 71.8 Å². The number of carbonyl (C=O) groups is 1. The van der Waals surface area contributed by atoms with Crippen molar-refractivity contribution in [2.24, 2.45) is 11.3 Å². The van der Waals surface area contributed by atoms with Gasteiger partial charge in [-0.3, -0.25) is 4.79 Å². The fourth-order valence-corrected chi connectivity index (χ4v) is 3.26. The fourth-order valence-electron chi connectivity index (χ4n) is 3.26. The maximum Gasteiger partial charge on any atom is 0.305 e. The minimum Gasteiger partial charge on any atom is -0.481 e. The molecule has 0 saturated heterocycles. The SMILES string of the molecule is CC(C)(C)CC(CC(=O)O)n1nnnc1CC1CCCC1. The average molecular weight is 294 g/mol. The Morgan fingerprint density at radius 1 is 1.38 bits per heavy atom. The lowest BCUT2D eigenvalue weighted by Crippen LogP contribution is -2.23. The monoisotopic (exact) mass is 294 g/mol. The number of rotatable bonds is 6. The molecule has 0 aliphatic heterocycles. The second-order valence-corrected chi connectivity index (χ2v) is 7.41. The van der Waals surface area contributed by atoms with E-state index in [-0.39, 0.29) is 17.9 Å². The molecule has 2 rings (SSSR count). The molecule has 1 aliphatic carbocycles. The maximum atomic E-state index is 11.2. The highest BCUT2D eigenvalue weighted by atomic mass is 16.4. The van der Waals surface area contributed by atoms with E-state index in [2.05, 4.69) is 36.3 Å². The summed E-state index contributed by atoms with van der Waals surface area (Å²) in [5, 5.41) is 21.2. The Hall–Kier alpha value is -1.46. The molecule has 118 valence electrons. The van der Waals surface area contributed by atoms with Gasteiger partial charge in [-0.1, -0.05) is 46.5 Å². The Morgan fingerprint density at radius 3 is 2.62 bits per heavy atom. The number of hydrogen-bond acceptors (Lipinski definition) is 4. The van der Waals surface area contributed by atoms with Gasteiger partial charge in [0.2, 0.25) is 0 Å². The summed E-state index contributed by atoms with van der Waals surface area (Å²) in [4.78, 5) is 11.2. The summed E-state index contributed by atoms with van der Waals surface area (Å²) >= 11 is 0. The third-order valence-electron chi connectivity index (χ3n) is 4.11. The lowest BCUT2D eigenvalue weighted by molar-refractivity contribution is -0.138. The molecule has 6 heteroatoms. The van der Waals surface area contributed by atoms with Gasteiger partial charge in [0.15, 0.2) is 5.82 Å². The predicted molar refractivity (Wildman–Crippen MR) is 78.8 cm³/mol. The van der Waals surface area contributed by atoms with Crippen LogP contribution in [0.15, 0.2) is 0 Å². The Morgan fingerprint density at radius 2 is 2.05 bits per heavy atom. The summed E-state index contributed by atoms with van der Waals surface area (Å²) in [6, 6.07) is -0.172. The normalized spacial score (nSPS) is 18.0. The molecule has 1 N–H and O–H groups in total. The van der Waals surface area contributed by atoms with Gasteiger partial charge in [-0.15, -0.1) is 5.10 Å². The number of aromatic nitrogens is 4. The zero-order chi connectivity index (χ0) is 15.5. The largest absolute Gasteiger partial charge is 0.481 e. The average Bonchev–Trinajstić information content (AvgIpc) is 2.97. The molecule has 1 atom stereocenters. The van der Waals surface area contributed by atoms with Gasteiger partial charge in [-0.25, -0.2) is 4.68 Å². The molecule has 0 amide bonds. The molecule has 1 saturated carbocycles. The number of carboxylic acids is 1. The second kappa shape index (κ2) is 6.54. The van der Waals surface area contributed by atoms with Crippen LogP contribution in [0.25, 0.3) is 0 Å². The molecule has 21 heavy (non-hydrogen) atoms. The highest BCUT2D eigenvalue weighted by molar-refractivity contribution is 5.67. The third-order valence-corrected chi connectivity index (χ3v) is 4.11. The molecule has 1 heterocycles. The van der Waals surface area contributed by atoms with E-state index in [1.807, 2.05) is 0 Å². The molecule has 6 nitrogen and oxygen atoms in total. The number of aliphatic carboxylic acids is 1. The van der Waals surface area contributed by atoms with E-state index in [1.165, 1.54) is 25.7 Å². The van der Waals surface area contributed by atoms with Crippen LogP contribution < -0.4 is 0 Å². The number of hydrogen-bond donors (Lipinski definition) is 1. The van der Waals surface area contributed by atoms with Crippen LogP contribution in [-0.4, -0.2) is 31.3 Å². The van der Waals surface area contributed by atoms with Crippen molar-refractivity contribution in [3.63, 3.8) is 0 Å². The van der Waals surface area contributed by atoms with Crippen LogP contribution in [0, 0.1) is 11.3 Å². The zero-order valence-corrected chi connectivity index (χ0v) is 13.2. The molecule has 0 bridgehead atoms. The van der Waals surface area contributed by atoms with E-state index < -0.39 is 5.97 Å². The number of carboxylic acid groups (broad SMARTS) is 1. The van der Waals surface area contributed by atoms with Crippen LogP contribution in [0.4, 0.5) is 0 Å². The van der Waals surface area contributed by atoms with E-state index in [0.717, 1.165) is 18.7 Å². The summed E-state index contributed by atoms with van der Waals surface area (Å²) in [6.07, 6.45) is 6.72. The van der Waals surface area contributed by atoms with Crippen molar-refractivity contribution in [3.8, 4) is 0 Å². The Balaban J connectivity index is 2.14. The maximum absolute atomic E-state index is 11.2. The lowest BCUT2D eigenvalue weighted by Gasteiger charge is -2.25. The van der Waals surface area contributed by atoms with Gasteiger partial charge in [-0.05, 0) is 28.2 Å². The molecule has 0 radical (unpaired) electrons. The number of nitrogens with zero attached hydrogens (tertiary/aromatic N) is 4. The van der Waals surface area contributed by atoms with Crippen molar-refractivity contribution < 1.29 is 9.90 Å². The molecule has 0 aromatic carbocycles. The van der Waals surface area contributed by atoms with Crippen LogP contribution >= 0.6 is 0 Å². The van der Waals surface area contributed by atoms with Crippen molar-refractivity contribution in [3.05, 3.63) is 5.82 Å². The minimum atomic E-state index is -0.799.